The second-order valence-corrected chi connectivity index (χ2v) is 8.82. The Morgan fingerprint density at radius 1 is 0.968 bits per heavy atom. The molecule has 0 radical (unpaired) electrons. The van der Waals surface area contributed by atoms with Crippen LogP contribution in [-0.2, 0) is 6.54 Å². The molecule has 1 atom stereocenters. The zero-order valence-corrected chi connectivity index (χ0v) is 18.5. The molecule has 3 aromatic rings. The van der Waals surface area contributed by atoms with E-state index in [9.17, 15) is 0 Å². The van der Waals surface area contributed by atoms with Crippen molar-refractivity contribution in [2.75, 3.05) is 32.5 Å². The lowest BCUT2D eigenvalue weighted by Gasteiger charge is -2.25. The van der Waals surface area contributed by atoms with Crippen LogP contribution in [0.25, 0.3) is 0 Å². The van der Waals surface area contributed by atoms with Crippen LogP contribution in [0.2, 0.25) is 0 Å². The highest BCUT2D eigenvalue weighted by atomic mass is 32.2. The standard InChI is InChI=1S/C25H25NO4S/c1-27-19-8-9-20-25(14-19)31-24(17-7-10-22-23(13-17)30-16-29-22)11-12-26(20)15-18-5-3-4-6-21(18)28-2/h3-10,13-14,24H,11-12,15-16H2,1-2H3/t24-/m1/s1. The molecular formula is C25H25NO4S. The average Bonchev–Trinajstić information content (AvgIpc) is 3.21. The van der Waals surface area contributed by atoms with Gasteiger partial charge in [0, 0.05) is 28.8 Å². The Balaban J connectivity index is 1.48. The molecule has 0 spiro atoms. The van der Waals surface area contributed by atoms with E-state index >= 15 is 0 Å². The van der Waals surface area contributed by atoms with Crippen LogP contribution in [0.4, 0.5) is 5.69 Å². The number of para-hydroxylation sites is 1. The van der Waals surface area contributed by atoms with E-state index in [1.54, 1.807) is 14.2 Å². The Kier molecular flexibility index (Phi) is 5.55. The van der Waals surface area contributed by atoms with Crippen molar-refractivity contribution in [1.82, 2.24) is 0 Å². The number of nitrogens with zero attached hydrogens (tertiary/aromatic N) is 1. The van der Waals surface area contributed by atoms with Crippen molar-refractivity contribution in [3.63, 3.8) is 0 Å². The van der Waals surface area contributed by atoms with Gasteiger partial charge in [-0.2, -0.15) is 0 Å². The highest BCUT2D eigenvalue weighted by molar-refractivity contribution is 7.99. The van der Waals surface area contributed by atoms with Gasteiger partial charge in [0.15, 0.2) is 11.5 Å². The summed E-state index contributed by atoms with van der Waals surface area (Å²) < 4.78 is 22.2. The fourth-order valence-electron chi connectivity index (χ4n) is 4.13. The molecule has 160 valence electrons. The van der Waals surface area contributed by atoms with Crippen molar-refractivity contribution in [3.05, 3.63) is 71.8 Å². The number of hydrogen-bond acceptors (Lipinski definition) is 6. The average molecular weight is 436 g/mol. The van der Waals surface area contributed by atoms with Crippen molar-refractivity contribution >= 4 is 17.4 Å². The normalized spacial score (nSPS) is 17.1. The number of hydrogen-bond donors (Lipinski definition) is 0. The summed E-state index contributed by atoms with van der Waals surface area (Å²) in [4.78, 5) is 3.65. The second kappa shape index (κ2) is 8.63. The van der Waals surface area contributed by atoms with Crippen LogP contribution >= 0.6 is 11.8 Å². The van der Waals surface area contributed by atoms with Crippen LogP contribution in [-0.4, -0.2) is 27.6 Å². The van der Waals surface area contributed by atoms with Crippen LogP contribution in [0.3, 0.4) is 0 Å². The number of rotatable bonds is 5. The van der Waals surface area contributed by atoms with E-state index in [0.717, 1.165) is 42.5 Å². The SMILES string of the molecule is COc1ccc2c(c1)S[C@@H](c1ccc3c(c1)OCO3)CCN2Cc1ccccc1OC. The van der Waals surface area contributed by atoms with Gasteiger partial charge in [0.05, 0.1) is 19.9 Å². The van der Waals surface area contributed by atoms with Crippen LogP contribution in [0, 0.1) is 0 Å². The van der Waals surface area contributed by atoms with Gasteiger partial charge in [-0.3, -0.25) is 0 Å². The van der Waals surface area contributed by atoms with Crippen molar-refractivity contribution in [2.24, 2.45) is 0 Å². The molecule has 2 heterocycles. The molecule has 6 heteroatoms. The molecule has 0 aliphatic carbocycles. The summed E-state index contributed by atoms with van der Waals surface area (Å²) in [5, 5.41) is 0.308. The smallest absolute Gasteiger partial charge is 0.231 e. The largest absolute Gasteiger partial charge is 0.497 e. The lowest BCUT2D eigenvalue weighted by Crippen LogP contribution is -2.24. The molecule has 0 saturated carbocycles. The Labute approximate surface area is 186 Å². The molecule has 0 amide bonds. The summed E-state index contributed by atoms with van der Waals surface area (Å²) in [5.41, 5.74) is 3.65. The highest BCUT2D eigenvalue weighted by Gasteiger charge is 2.26. The summed E-state index contributed by atoms with van der Waals surface area (Å²) in [6, 6.07) is 20.9. The molecule has 5 rings (SSSR count). The third kappa shape index (κ3) is 4.00. The number of anilines is 1. The second-order valence-electron chi connectivity index (χ2n) is 7.57. The van der Waals surface area contributed by atoms with Crippen LogP contribution in [0.15, 0.2) is 65.6 Å². The first kappa shape index (κ1) is 19.9. The quantitative estimate of drug-likeness (QED) is 0.514. The Morgan fingerprint density at radius 2 is 1.84 bits per heavy atom. The summed E-state index contributed by atoms with van der Waals surface area (Å²) in [7, 11) is 3.44. The van der Waals surface area contributed by atoms with Gasteiger partial charge in [-0.15, -0.1) is 11.8 Å². The summed E-state index contributed by atoms with van der Waals surface area (Å²) in [5.74, 6) is 3.44. The topological polar surface area (TPSA) is 40.2 Å². The van der Waals surface area contributed by atoms with E-state index in [-0.39, 0.29) is 0 Å². The van der Waals surface area contributed by atoms with Crippen molar-refractivity contribution in [1.29, 1.82) is 0 Å². The van der Waals surface area contributed by atoms with Gasteiger partial charge >= 0.3 is 0 Å². The zero-order chi connectivity index (χ0) is 21.2. The molecule has 0 bridgehead atoms. The van der Waals surface area contributed by atoms with E-state index in [0.29, 0.717) is 12.0 Å². The van der Waals surface area contributed by atoms with Gasteiger partial charge in [-0.1, -0.05) is 24.3 Å². The third-order valence-electron chi connectivity index (χ3n) is 5.76. The first-order chi connectivity index (χ1) is 15.2. The maximum absolute atomic E-state index is 5.62. The minimum atomic E-state index is 0.295. The molecule has 0 saturated heterocycles. The maximum Gasteiger partial charge on any atom is 0.231 e. The molecule has 2 aliphatic heterocycles. The summed E-state index contributed by atoms with van der Waals surface area (Å²) >= 11 is 1.88. The molecule has 0 N–H and O–H groups in total. The van der Waals surface area contributed by atoms with Crippen molar-refractivity contribution in [3.8, 4) is 23.0 Å². The third-order valence-corrected chi connectivity index (χ3v) is 7.13. The van der Waals surface area contributed by atoms with Crippen molar-refractivity contribution < 1.29 is 18.9 Å². The van der Waals surface area contributed by atoms with Gasteiger partial charge < -0.3 is 23.8 Å². The van der Waals surface area contributed by atoms with Gasteiger partial charge in [-0.25, -0.2) is 0 Å². The molecule has 0 fully saturated rings. The fourth-order valence-corrected chi connectivity index (χ4v) is 5.45. The van der Waals surface area contributed by atoms with Crippen LogP contribution < -0.4 is 23.8 Å². The number of benzene rings is 3. The molecule has 3 aromatic carbocycles. The van der Waals surface area contributed by atoms with E-state index in [1.165, 1.54) is 21.7 Å². The maximum atomic E-state index is 5.62. The highest BCUT2D eigenvalue weighted by Crippen LogP contribution is 2.48. The minimum Gasteiger partial charge on any atom is -0.497 e. The van der Waals surface area contributed by atoms with Gasteiger partial charge in [-0.05, 0) is 48.4 Å². The first-order valence-corrected chi connectivity index (χ1v) is 11.2. The molecule has 2 aliphatic rings. The molecule has 0 unspecified atom stereocenters. The number of fused-ring (bicyclic) bond motifs is 2. The number of ether oxygens (including phenoxy) is 4. The lowest BCUT2D eigenvalue weighted by molar-refractivity contribution is 0.174. The summed E-state index contributed by atoms with van der Waals surface area (Å²) in [6.07, 6.45) is 1.01. The van der Waals surface area contributed by atoms with E-state index in [2.05, 4.69) is 41.3 Å². The van der Waals surface area contributed by atoms with Gasteiger partial charge in [0.25, 0.3) is 0 Å². The van der Waals surface area contributed by atoms with E-state index in [4.69, 9.17) is 18.9 Å². The van der Waals surface area contributed by atoms with Crippen LogP contribution in [0.1, 0.15) is 22.8 Å². The predicted molar refractivity (Wildman–Crippen MR) is 123 cm³/mol. The molecule has 31 heavy (non-hydrogen) atoms. The summed E-state index contributed by atoms with van der Waals surface area (Å²) in [6.45, 7) is 2.02. The zero-order valence-electron chi connectivity index (χ0n) is 17.7. The monoisotopic (exact) mass is 435 g/mol. The first-order valence-electron chi connectivity index (χ1n) is 10.4. The molecule has 0 aromatic heterocycles. The van der Waals surface area contributed by atoms with E-state index in [1.807, 2.05) is 36.0 Å². The van der Waals surface area contributed by atoms with E-state index < -0.39 is 0 Å². The van der Waals surface area contributed by atoms with Gasteiger partial charge in [0.1, 0.15) is 11.5 Å². The predicted octanol–water partition coefficient (Wildman–Crippen LogP) is 5.68. The van der Waals surface area contributed by atoms with Crippen LogP contribution in [0.5, 0.6) is 23.0 Å². The fraction of sp³-hybridized carbons (Fsp3) is 0.280. The van der Waals surface area contributed by atoms with Gasteiger partial charge in [0.2, 0.25) is 6.79 Å². The number of thioether (sulfide) groups is 1. The Bertz CT molecular complexity index is 1090. The minimum absolute atomic E-state index is 0.295. The lowest BCUT2D eigenvalue weighted by atomic mass is 10.1. The molecular weight excluding hydrogens is 410 g/mol. The number of methoxy groups -OCH3 is 2. The Hall–Kier alpha value is -2.99. The molecule has 5 nitrogen and oxygen atoms in total. The van der Waals surface area contributed by atoms with Crippen molar-refractivity contribution in [2.45, 2.75) is 23.1 Å². The Morgan fingerprint density at radius 3 is 2.71 bits per heavy atom.